The summed E-state index contributed by atoms with van der Waals surface area (Å²) in [6, 6.07) is 9.63. The van der Waals surface area contributed by atoms with Gasteiger partial charge in [0.1, 0.15) is 5.75 Å². The molecule has 7 nitrogen and oxygen atoms in total. The van der Waals surface area contributed by atoms with E-state index < -0.39 is 29.9 Å². The number of carbonyl (C=O) groups excluding carboxylic acids is 2. The average molecular weight is 384 g/mol. The molecular formula is C16H11Cl2NO6. The minimum Gasteiger partial charge on any atom is -0.480 e. The normalized spacial score (nSPS) is 10.2. The standard InChI is InChI=1S/C16H11Cl2NO6/c17-11-4-5-15(13(18)7-11)24-9-16(21)25-8-14(20)10-2-1-3-12(6-10)19(22)23/h1-7H,8-9H2. The fourth-order valence-corrected chi connectivity index (χ4v) is 2.26. The Balaban J connectivity index is 1.86. The second-order valence-corrected chi connectivity index (χ2v) is 5.60. The van der Waals surface area contributed by atoms with Crippen LogP contribution in [-0.2, 0) is 9.53 Å². The van der Waals surface area contributed by atoms with E-state index in [4.69, 9.17) is 32.7 Å². The van der Waals surface area contributed by atoms with Crippen LogP contribution in [0, 0.1) is 10.1 Å². The van der Waals surface area contributed by atoms with Gasteiger partial charge in [0.05, 0.1) is 9.95 Å². The number of non-ortho nitro benzene ring substituents is 1. The monoisotopic (exact) mass is 383 g/mol. The van der Waals surface area contributed by atoms with E-state index in [0.717, 1.165) is 6.07 Å². The van der Waals surface area contributed by atoms with Crippen molar-refractivity contribution in [1.29, 1.82) is 0 Å². The topological polar surface area (TPSA) is 95.7 Å². The molecule has 0 saturated carbocycles. The maximum absolute atomic E-state index is 11.9. The number of hydrogen-bond acceptors (Lipinski definition) is 6. The highest BCUT2D eigenvalue weighted by molar-refractivity contribution is 6.35. The lowest BCUT2D eigenvalue weighted by molar-refractivity contribution is -0.384. The summed E-state index contributed by atoms with van der Waals surface area (Å²) < 4.78 is 9.97. The highest BCUT2D eigenvalue weighted by Gasteiger charge is 2.14. The van der Waals surface area contributed by atoms with Gasteiger partial charge in [-0.1, -0.05) is 35.3 Å². The predicted octanol–water partition coefficient (Wildman–Crippen LogP) is 3.71. The first-order chi connectivity index (χ1) is 11.9. The van der Waals surface area contributed by atoms with Crippen LogP contribution in [0.5, 0.6) is 5.75 Å². The molecule has 0 aliphatic heterocycles. The molecule has 0 spiro atoms. The van der Waals surface area contributed by atoms with Crippen molar-refractivity contribution < 1.29 is 24.0 Å². The first-order valence-electron chi connectivity index (χ1n) is 6.88. The number of benzene rings is 2. The third kappa shape index (κ3) is 5.44. The van der Waals surface area contributed by atoms with Crippen LogP contribution >= 0.6 is 23.2 Å². The Hall–Kier alpha value is -2.64. The lowest BCUT2D eigenvalue weighted by Crippen LogP contribution is -2.19. The van der Waals surface area contributed by atoms with Gasteiger partial charge in [0.15, 0.2) is 13.2 Å². The summed E-state index contributed by atoms with van der Waals surface area (Å²) in [5.74, 6) is -1.11. The average Bonchev–Trinajstić information content (AvgIpc) is 2.59. The molecule has 0 radical (unpaired) electrons. The van der Waals surface area contributed by atoms with Crippen LogP contribution < -0.4 is 4.74 Å². The van der Waals surface area contributed by atoms with Crippen molar-refractivity contribution in [3.63, 3.8) is 0 Å². The fourth-order valence-electron chi connectivity index (χ4n) is 1.79. The highest BCUT2D eigenvalue weighted by atomic mass is 35.5. The van der Waals surface area contributed by atoms with Crippen molar-refractivity contribution >= 4 is 40.6 Å². The lowest BCUT2D eigenvalue weighted by Gasteiger charge is -2.08. The van der Waals surface area contributed by atoms with Crippen molar-refractivity contribution in [2.24, 2.45) is 0 Å². The number of nitrogens with zero attached hydrogens (tertiary/aromatic N) is 1. The number of esters is 1. The minimum absolute atomic E-state index is 0.0728. The summed E-state index contributed by atoms with van der Waals surface area (Å²) in [7, 11) is 0. The zero-order valence-corrected chi connectivity index (χ0v) is 14.1. The van der Waals surface area contributed by atoms with Crippen LogP contribution in [0.25, 0.3) is 0 Å². The zero-order chi connectivity index (χ0) is 18.4. The number of hydrogen-bond donors (Lipinski definition) is 0. The summed E-state index contributed by atoms with van der Waals surface area (Å²) in [6.45, 7) is -1.01. The number of nitro groups is 1. The summed E-state index contributed by atoms with van der Waals surface area (Å²) in [6.07, 6.45) is 0. The fraction of sp³-hybridized carbons (Fsp3) is 0.125. The molecule has 0 aliphatic rings. The number of nitro benzene ring substituents is 1. The van der Waals surface area contributed by atoms with Gasteiger partial charge in [-0.15, -0.1) is 0 Å². The molecule has 0 atom stereocenters. The maximum Gasteiger partial charge on any atom is 0.344 e. The van der Waals surface area contributed by atoms with E-state index in [-0.39, 0.29) is 22.0 Å². The molecule has 2 rings (SSSR count). The van der Waals surface area contributed by atoms with Gasteiger partial charge in [-0.2, -0.15) is 0 Å². The Morgan fingerprint density at radius 3 is 2.52 bits per heavy atom. The number of Topliss-reactive ketones (excluding diaryl/α,β-unsaturated/α-hetero) is 1. The van der Waals surface area contributed by atoms with Crippen molar-refractivity contribution in [2.75, 3.05) is 13.2 Å². The van der Waals surface area contributed by atoms with E-state index in [0.29, 0.717) is 5.02 Å². The van der Waals surface area contributed by atoms with Crippen LogP contribution in [0.3, 0.4) is 0 Å². The summed E-state index contributed by atoms with van der Waals surface area (Å²) in [5.41, 5.74) is -0.151. The molecule has 0 unspecified atom stereocenters. The molecular weight excluding hydrogens is 373 g/mol. The third-order valence-electron chi connectivity index (χ3n) is 2.98. The zero-order valence-electron chi connectivity index (χ0n) is 12.6. The second kappa shape index (κ2) is 8.46. The molecule has 0 saturated heterocycles. The van der Waals surface area contributed by atoms with Crippen molar-refractivity contribution in [1.82, 2.24) is 0 Å². The predicted molar refractivity (Wildman–Crippen MR) is 90.3 cm³/mol. The first kappa shape index (κ1) is 18.7. The summed E-state index contributed by atoms with van der Waals surface area (Å²) >= 11 is 11.6. The Morgan fingerprint density at radius 2 is 1.84 bits per heavy atom. The SMILES string of the molecule is O=C(COc1ccc(Cl)cc1Cl)OCC(=O)c1cccc([N+](=O)[O-])c1. The van der Waals surface area contributed by atoms with Gasteiger partial charge in [0, 0.05) is 22.7 Å². The largest absolute Gasteiger partial charge is 0.480 e. The van der Waals surface area contributed by atoms with Crippen LogP contribution in [0.1, 0.15) is 10.4 Å². The Bertz CT molecular complexity index is 824. The molecule has 0 heterocycles. The molecule has 0 N–H and O–H groups in total. The van der Waals surface area contributed by atoms with Crippen LogP contribution in [0.15, 0.2) is 42.5 Å². The molecule has 9 heteroatoms. The lowest BCUT2D eigenvalue weighted by atomic mass is 10.1. The minimum atomic E-state index is -0.787. The summed E-state index contributed by atoms with van der Waals surface area (Å²) in [4.78, 5) is 33.6. The number of ether oxygens (including phenoxy) is 2. The molecule has 130 valence electrons. The Morgan fingerprint density at radius 1 is 1.08 bits per heavy atom. The van der Waals surface area contributed by atoms with Gasteiger partial charge in [-0.25, -0.2) is 4.79 Å². The van der Waals surface area contributed by atoms with E-state index in [9.17, 15) is 19.7 Å². The van der Waals surface area contributed by atoms with Crippen molar-refractivity contribution in [3.8, 4) is 5.75 Å². The molecule has 0 fully saturated rings. The van der Waals surface area contributed by atoms with Crippen LogP contribution in [-0.4, -0.2) is 29.9 Å². The van der Waals surface area contributed by atoms with Gasteiger partial charge in [0.2, 0.25) is 5.78 Å². The van der Waals surface area contributed by atoms with Crippen molar-refractivity contribution in [2.45, 2.75) is 0 Å². The van der Waals surface area contributed by atoms with Gasteiger partial charge < -0.3 is 9.47 Å². The molecule has 0 aliphatic carbocycles. The Labute approximate surface area is 152 Å². The molecule has 0 amide bonds. The summed E-state index contributed by atoms with van der Waals surface area (Å²) in [5, 5.41) is 11.3. The molecule has 0 aromatic heterocycles. The Kier molecular flexibility index (Phi) is 6.32. The van der Waals surface area contributed by atoms with Crippen LogP contribution in [0.2, 0.25) is 10.0 Å². The third-order valence-corrected chi connectivity index (χ3v) is 3.51. The number of halogens is 2. The maximum atomic E-state index is 11.9. The van der Waals surface area contributed by atoms with E-state index in [1.165, 1.54) is 30.3 Å². The van der Waals surface area contributed by atoms with E-state index >= 15 is 0 Å². The van der Waals surface area contributed by atoms with Gasteiger partial charge >= 0.3 is 5.97 Å². The van der Waals surface area contributed by atoms with E-state index in [1.807, 2.05) is 0 Å². The van der Waals surface area contributed by atoms with Crippen molar-refractivity contribution in [3.05, 3.63) is 68.2 Å². The smallest absolute Gasteiger partial charge is 0.344 e. The highest BCUT2D eigenvalue weighted by Crippen LogP contribution is 2.27. The quantitative estimate of drug-likeness (QED) is 0.313. The number of rotatable bonds is 7. The molecule has 2 aromatic rings. The number of carbonyl (C=O) groups is 2. The van der Waals surface area contributed by atoms with E-state index in [1.54, 1.807) is 6.07 Å². The second-order valence-electron chi connectivity index (χ2n) is 4.75. The van der Waals surface area contributed by atoms with Gasteiger partial charge in [0.25, 0.3) is 5.69 Å². The van der Waals surface area contributed by atoms with Gasteiger partial charge in [-0.3, -0.25) is 14.9 Å². The molecule has 0 bridgehead atoms. The first-order valence-corrected chi connectivity index (χ1v) is 7.63. The molecule has 25 heavy (non-hydrogen) atoms. The van der Waals surface area contributed by atoms with Gasteiger partial charge in [-0.05, 0) is 18.2 Å². The number of ketones is 1. The van der Waals surface area contributed by atoms with E-state index in [2.05, 4.69) is 0 Å². The van der Waals surface area contributed by atoms with Crippen LogP contribution in [0.4, 0.5) is 5.69 Å². The molecule has 2 aromatic carbocycles.